The van der Waals surface area contributed by atoms with Gasteiger partial charge in [0.2, 0.25) is 11.8 Å². The van der Waals surface area contributed by atoms with E-state index in [-0.39, 0.29) is 36.3 Å². The van der Waals surface area contributed by atoms with Crippen LogP contribution in [0.5, 0.6) is 5.88 Å². The fourth-order valence-corrected chi connectivity index (χ4v) is 3.56. The van der Waals surface area contributed by atoms with Gasteiger partial charge in [-0.3, -0.25) is 9.48 Å². The van der Waals surface area contributed by atoms with Crippen molar-refractivity contribution in [2.75, 3.05) is 24.6 Å². The van der Waals surface area contributed by atoms with E-state index in [1.54, 1.807) is 15.6 Å². The van der Waals surface area contributed by atoms with Crippen LogP contribution in [0.1, 0.15) is 18.3 Å². The number of ether oxygens (including phenoxy) is 1. The highest BCUT2D eigenvalue weighted by atomic mass is 35.5. The van der Waals surface area contributed by atoms with E-state index in [1.807, 2.05) is 20.9 Å². The molecule has 0 bridgehead atoms. The number of rotatable bonds is 8. The van der Waals surface area contributed by atoms with Crippen molar-refractivity contribution in [1.29, 1.82) is 0 Å². The van der Waals surface area contributed by atoms with E-state index in [0.29, 0.717) is 5.56 Å². The lowest BCUT2D eigenvalue weighted by molar-refractivity contribution is 0.298. The highest BCUT2D eigenvalue weighted by Gasteiger charge is 2.18. The van der Waals surface area contributed by atoms with Crippen LogP contribution >= 0.6 is 11.6 Å². The number of nitrogens with zero attached hydrogens (tertiary/aromatic N) is 5. The van der Waals surface area contributed by atoms with Crippen LogP contribution in [0.3, 0.4) is 0 Å². The molecule has 3 rings (SSSR count). The molecule has 0 fully saturated rings. The Hall–Kier alpha value is -3.01. The summed E-state index contributed by atoms with van der Waals surface area (Å²) in [5.74, 6) is -0.604. The number of anilines is 1. The van der Waals surface area contributed by atoms with Crippen LogP contribution in [0.4, 0.5) is 14.5 Å². The monoisotopic (exact) mass is 452 g/mol. The molecule has 166 valence electrons. The first-order valence-electron chi connectivity index (χ1n) is 9.60. The molecule has 0 saturated heterocycles. The molecule has 0 unspecified atom stereocenters. The van der Waals surface area contributed by atoms with Crippen molar-refractivity contribution in [2.24, 2.45) is 7.05 Å². The van der Waals surface area contributed by atoms with Crippen molar-refractivity contribution in [3.8, 4) is 17.0 Å². The summed E-state index contributed by atoms with van der Waals surface area (Å²) in [6.07, 6.45) is 0.157. The molecule has 0 spiro atoms. The maximum atomic E-state index is 14.2. The number of aromatic nitrogens is 5. The Bertz CT molecular complexity index is 1130. The number of hydrogen-bond donors (Lipinski definition) is 1. The normalized spacial score (nSPS) is 12.1. The zero-order valence-corrected chi connectivity index (χ0v) is 18.4. The standard InChI is InChI=1S/C20H23ClF2N6O2/c1-11(22)10-29(15-9-24-26-20(30)19(15)21)5-6-31-17-8-14(7-16(23)25-17)18-12(2)27-28(4)13(18)3/h7-9,11H,5-6,10H2,1-4H3,(H,26,30)/t11-/m1/s1. The first-order chi connectivity index (χ1) is 14.7. The molecule has 3 heterocycles. The summed E-state index contributed by atoms with van der Waals surface area (Å²) in [4.78, 5) is 17.1. The van der Waals surface area contributed by atoms with Gasteiger partial charge in [0.1, 0.15) is 17.8 Å². The van der Waals surface area contributed by atoms with Gasteiger partial charge in [0, 0.05) is 37.0 Å². The summed E-state index contributed by atoms with van der Waals surface area (Å²) in [5.41, 5.74) is 2.76. The Kier molecular flexibility index (Phi) is 6.89. The van der Waals surface area contributed by atoms with Crippen LogP contribution < -0.4 is 15.2 Å². The fraction of sp³-hybridized carbons (Fsp3) is 0.400. The van der Waals surface area contributed by atoms with Crippen molar-refractivity contribution in [2.45, 2.75) is 26.9 Å². The Morgan fingerprint density at radius 3 is 2.74 bits per heavy atom. The van der Waals surface area contributed by atoms with Crippen LogP contribution in [0.25, 0.3) is 11.1 Å². The molecular formula is C20H23ClF2N6O2. The predicted octanol–water partition coefficient (Wildman–Crippen LogP) is 3.22. The van der Waals surface area contributed by atoms with E-state index in [0.717, 1.165) is 17.0 Å². The van der Waals surface area contributed by atoms with Gasteiger partial charge in [-0.25, -0.2) is 9.49 Å². The second kappa shape index (κ2) is 9.42. The Balaban J connectivity index is 1.79. The van der Waals surface area contributed by atoms with E-state index in [4.69, 9.17) is 16.3 Å². The average Bonchev–Trinajstić information content (AvgIpc) is 2.94. The molecule has 0 saturated carbocycles. The van der Waals surface area contributed by atoms with Gasteiger partial charge < -0.3 is 9.64 Å². The summed E-state index contributed by atoms with van der Waals surface area (Å²) in [6.45, 7) is 5.33. The smallest absolute Gasteiger partial charge is 0.285 e. The van der Waals surface area contributed by atoms with Gasteiger partial charge in [-0.05, 0) is 26.3 Å². The molecule has 0 aliphatic rings. The van der Waals surface area contributed by atoms with Gasteiger partial charge in [0.05, 0.1) is 24.1 Å². The van der Waals surface area contributed by atoms with Crippen LogP contribution in [0.15, 0.2) is 23.1 Å². The van der Waals surface area contributed by atoms with Gasteiger partial charge in [-0.2, -0.15) is 19.6 Å². The average molecular weight is 453 g/mol. The largest absolute Gasteiger partial charge is 0.476 e. The summed E-state index contributed by atoms with van der Waals surface area (Å²) < 4.78 is 35.2. The molecule has 8 nitrogen and oxygen atoms in total. The summed E-state index contributed by atoms with van der Waals surface area (Å²) in [5, 5.41) is 10.2. The SMILES string of the molecule is Cc1nn(C)c(C)c1-c1cc(F)nc(OCCN(C[C@@H](C)F)c2cn[nH]c(=O)c2Cl)c1. The zero-order chi connectivity index (χ0) is 22.7. The van der Waals surface area contributed by atoms with Gasteiger partial charge in [-0.15, -0.1) is 0 Å². The predicted molar refractivity (Wildman–Crippen MR) is 114 cm³/mol. The molecular weight excluding hydrogens is 430 g/mol. The number of aryl methyl sites for hydroxylation is 2. The van der Waals surface area contributed by atoms with E-state index in [1.165, 1.54) is 19.2 Å². The first kappa shape index (κ1) is 22.7. The minimum Gasteiger partial charge on any atom is -0.476 e. The van der Waals surface area contributed by atoms with E-state index in [2.05, 4.69) is 20.3 Å². The van der Waals surface area contributed by atoms with Crippen molar-refractivity contribution in [3.05, 3.63) is 51.0 Å². The molecule has 3 aromatic heterocycles. The molecule has 11 heteroatoms. The second-order valence-electron chi connectivity index (χ2n) is 7.16. The molecule has 3 aromatic rings. The summed E-state index contributed by atoms with van der Waals surface area (Å²) in [6, 6.07) is 2.95. The van der Waals surface area contributed by atoms with Crippen molar-refractivity contribution in [3.63, 3.8) is 0 Å². The number of alkyl halides is 1. The lowest BCUT2D eigenvalue weighted by Gasteiger charge is -2.25. The molecule has 0 aliphatic carbocycles. The van der Waals surface area contributed by atoms with Gasteiger partial charge in [-0.1, -0.05) is 11.6 Å². The molecule has 0 radical (unpaired) electrons. The number of halogens is 3. The van der Waals surface area contributed by atoms with Crippen molar-refractivity contribution >= 4 is 17.3 Å². The molecule has 0 aliphatic heterocycles. The van der Waals surface area contributed by atoms with Crippen LogP contribution in [0, 0.1) is 19.8 Å². The number of pyridine rings is 1. The topological polar surface area (TPSA) is 88.9 Å². The number of hydrogen-bond acceptors (Lipinski definition) is 6. The van der Waals surface area contributed by atoms with Crippen LogP contribution in [-0.2, 0) is 7.05 Å². The Labute approximate surface area is 182 Å². The first-order valence-corrected chi connectivity index (χ1v) is 9.98. The zero-order valence-electron chi connectivity index (χ0n) is 17.6. The van der Waals surface area contributed by atoms with E-state index >= 15 is 0 Å². The maximum absolute atomic E-state index is 14.2. The van der Waals surface area contributed by atoms with E-state index in [9.17, 15) is 13.6 Å². The third-order valence-corrected chi connectivity index (χ3v) is 5.13. The molecule has 0 aromatic carbocycles. The fourth-order valence-electron chi connectivity index (χ4n) is 3.35. The van der Waals surface area contributed by atoms with Crippen molar-refractivity contribution in [1.82, 2.24) is 25.0 Å². The molecule has 0 amide bonds. The summed E-state index contributed by atoms with van der Waals surface area (Å²) >= 11 is 6.05. The maximum Gasteiger partial charge on any atom is 0.285 e. The quantitative estimate of drug-likeness (QED) is 0.528. The van der Waals surface area contributed by atoms with Gasteiger partial charge in [0.15, 0.2) is 0 Å². The lowest BCUT2D eigenvalue weighted by Crippen LogP contribution is -2.34. The third-order valence-electron chi connectivity index (χ3n) is 4.77. The summed E-state index contributed by atoms with van der Waals surface area (Å²) in [7, 11) is 1.82. The van der Waals surface area contributed by atoms with E-state index < -0.39 is 17.7 Å². The third kappa shape index (κ3) is 5.19. The minimum absolute atomic E-state index is 0.0237. The van der Waals surface area contributed by atoms with Gasteiger partial charge in [0.25, 0.3) is 5.56 Å². The van der Waals surface area contributed by atoms with Crippen molar-refractivity contribution < 1.29 is 13.5 Å². The van der Waals surface area contributed by atoms with Gasteiger partial charge >= 0.3 is 0 Å². The lowest BCUT2D eigenvalue weighted by atomic mass is 10.1. The number of aromatic amines is 1. The highest BCUT2D eigenvalue weighted by Crippen LogP contribution is 2.29. The highest BCUT2D eigenvalue weighted by molar-refractivity contribution is 6.33. The number of nitrogens with one attached hydrogen (secondary N) is 1. The Morgan fingerprint density at radius 1 is 1.35 bits per heavy atom. The molecule has 1 N–H and O–H groups in total. The van der Waals surface area contributed by atoms with Crippen LogP contribution in [-0.4, -0.2) is 50.8 Å². The Morgan fingerprint density at radius 2 is 2.10 bits per heavy atom. The van der Waals surface area contributed by atoms with Crippen LogP contribution in [0.2, 0.25) is 5.02 Å². The molecule has 31 heavy (non-hydrogen) atoms. The minimum atomic E-state index is -1.19. The number of H-pyrrole nitrogens is 1. The molecule has 1 atom stereocenters. The second-order valence-corrected chi connectivity index (χ2v) is 7.54.